The maximum Gasteiger partial charge on any atom is 0.466 e. The van der Waals surface area contributed by atoms with Crippen LogP contribution in [0.3, 0.4) is 0 Å². The van der Waals surface area contributed by atoms with E-state index in [0.717, 1.165) is 11.0 Å². The topological polar surface area (TPSA) is 35.8 Å². The van der Waals surface area contributed by atoms with Gasteiger partial charge in [-0.2, -0.15) is 5.10 Å². The van der Waals surface area contributed by atoms with Crippen molar-refractivity contribution in [3.63, 3.8) is 0 Å². The highest BCUT2D eigenvalue weighted by Crippen LogP contribution is 2.13. The van der Waals surface area contributed by atoms with Gasteiger partial charge in [0.2, 0.25) is 0 Å². The van der Waals surface area contributed by atoms with E-state index in [1.807, 2.05) is 6.92 Å². The molecule has 0 saturated heterocycles. The lowest BCUT2D eigenvalue weighted by atomic mass is 9.69. The van der Waals surface area contributed by atoms with E-state index in [1.54, 1.807) is 19.3 Å². The van der Waals surface area contributed by atoms with Crippen molar-refractivity contribution >= 4 is 13.3 Å². The number of nitrogens with zero attached hydrogens (tertiary/aromatic N) is 2. The van der Waals surface area contributed by atoms with Crippen molar-refractivity contribution in [2.45, 2.75) is 6.92 Å². The first-order valence-corrected chi connectivity index (χ1v) is 3.45. The zero-order chi connectivity index (χ0) is 8.43. The minimum absolute atomic E-state index is 0.641. The van der Waals surface area contributed by atoms with Gasteiger partial charge in [0.25, 0.3) is 0 Å². The Morgan fingerprint density at radius 3 is 2.91 bits per heavy atom. The molecule has 1 aliphatic rings. The summed E-state index contributed by atoms with van der Waals surface area (Å²) >= 11 is 0. The van der Waals surface area contributed by atoms with Crippen molar-refractivity contribution in [1.82, 2.24) is 4.92 Å². The van der Waals surface area contributed by atoms with Gasteiger partial charge < -0.3 is 9.94 Å². The molecule has 0 fully saturated rings. The first-order chi connectivity index (χ1) is 5.16. The first kappa shape index (κ1) is 8.08. The van der Waals surface area contributed by atoms with Crippen LogP contribution in [-0.4, -0.2) is 30.3 Å². The third kappa shape index (κ3) is 1.35. The van der Waals surface area contributed by atoms with Gasteiger partial charge in [-0.05, 0) is 18.0 Å². The third-order valence-electron chi connectivity index (χ3n) is 1.74. The average molecular weight is 150 g/mol. The van der Waals surface area contributed by atoms with Crippen molar-refractivity contribution < 1.29 is 5.02 Å². The zero-order valence-corrected chi connectivity index (χ0v) is 6.78. The summed E-state index contributed by atoms with van der Waals surface area (Å²) in [6, 6.07) is 0. The van der Waals surface area contributed by atoms with Crippen LogP contribution in [0.1, 0.15) is 6.92 Å². The van der Waals surface area contributed by atoms with Crippen molar-refractivity contribution in [2.24, 2.45) is 5.10 Å². The maximum absolute atomic E-state index is 9.49. The average Bonchev–Trinajstić information content (AvgIpc) is 1.99. The predicted molar refractivity (Wildman–Crippen MR) is 47.1 cm³/mol. The van der Waals surface area contributed by atoms with Crippen molar-refractivity contribution in [1.29, 1.82) is 0 Å². The number of hydrogen-bond donors (Lipinski definition) is 1. The Hall–Kier alpha value is -1.03. The summed E-state index contributed by atoms with van der Waals surface area (Å²) in [5, 5.41) is 13.4. The SMILES string of the molecule is C=CC1=C(C)C=NN(C)B1O. The molecule has 11 heavy (non-hydrogen) atoms. The zero-order valence-electron chi connectivity index (χ0n) is 6.78. The lowest BCUT2D eigenvalue weighted by molar-refractivity contribution is 0.437. The molecule has 0 bridgehead atoms. The van der Waals surface area contributed by atoms with E-state index in [0.29, 0.717) is 0 Å². The van der Waals surface area contributed by atoms with Crippen LogP contribution in [0.2, 0.25) is 0 Å². The highest BCUT2D eigenvalue weighted by Gasteiger charge is 2.24. The molecule has 0 atom stereocenters. The van der Waals surface area contributed by atoms with Gasteiger partial charge in [-0.1, -0.05) is 12.7 Å². The summed E-state index contributed by atoms with van der Waals surface area (Å²) in [7, 11) is 1.08. The maximum atomic E-state index is 9.49. The van der Waals surface area contributed by atoms with Crippen LogP contribution in [-0.2, 0) is 0 Å². The number of rotatable bonds is 1. The third-order valence-corrected chi connectivity index (χ3v) is 1.74. The van der Waals surface area contributed by atoms with Gasteiger partial charge in [0, 0.05) is 13.3 Å². The number of allylic oxidation sites excluding steroid dienone is 3. The summed E-state index contributed by atoms with van der Waals surface area (Å²) in [5.74, 6) is 0. The Morgan fingerprint density at radius 2 is 2.45 bits per heavy atom. The largest absolute Gasteiger partial charge is 0.466 e. The van der Waals surface area contributed by atoms with E-state index in [9.17, 15) is 5.02 Å². The van der Waals surface area contributed by atoms with Gasteiger partial charge in [-0.25, -0.2) is 0 Å². The quantitative estimate of drug-likeness (QED) is 0.550. The Labute approximate surface area is 66.8 Å². The Kier molecular flexibility index (Phi) is 2.15. The fourth-order valence-electron chi connectivity index (χ4n) is 0.987. The fraction of sp³-hybridized carbons (Fsp3) is 0.286. The molecule has 1 N–H and O–H groups in total. The van der Waals surface area contributed by atoms with Crippen LogP contribution < -0.4 is 0 Å². The molecule has 0 aromatic heterocycles. The summed E-state index contributed by atoms with van der Waals surface area (Å²) in [6.07, 6.45) is 3.37. The smallest absolute Gasteiger partial charge is 0.428 e. The minimum Gasteiger partial charge on any atom is -0.428 e. The van der Waals surface area contributed by atoms with Crippen LogP contribution in [0.5, 0.6) is 0 Å². The van der Waals surface area contributed by atoms with Gasteiger partial charge in [0.1, 0.15) is 0 Å². The van der Waals surface area contributed by atoms with E-state index in [2.05, 4.69) is 11.7 Å². The Morgan fingerprint density at radius 1 is 1.82 bits per heavy atom. The molecular formula is C7H11BN2O. The Balaban J connectivity index is 2.98. The second kappa shape index (κ2) is 2.92. The van der Waals surface area contributed by atoms with Gasteiger partial charge in [-0.15, -0.1) is 0 Å². The number of hydrazone groups is 1. The van der Waals surface area contributed by atoms with E-state index in [1.165, 1.54) is 4.92 Å². The van der Waals surface area contributed by atoms with Gasteiger partial charge in [0.05, 0.1) is 0 Å². The minimum atomic E-state index is -0.641. The summed E-state index contributed by atoms with van der Waals surface area (Å²) < 4.78 is 0. The van der Waals surface area contributed by atoms with E-state index in [4.69, 9.17) is 0 Å². The Bertz CT molecular complexity index is 235. The van der Waals surface area contributed by atoms with Crippen LogP contribution >= 0.6 is 0 Å². The van der Waals surface area contributed by atoms with Crippen LogP contribution in [0.4, 0.5) is 0 Å². The molecule has 3 nitrogen and oxygen atoms in total. The first-order valence-electron chi connectivity index (χ1n) is 3.45. The van der Waals surface area contributed by atoms with E-state index in [-0.39, 0.29) is 0 Å². The monoisotopic (exact) mass is 150 g/mol. The van der Waals surface area contributed by atoms with E-state index >= 15 is 0 Å². The molecule has 0 aliphatic carbocycles. The molecule has 1 heterocycles. The molecule has 4 heteroatoms. The molecular weight excluding hydrogens is 139 g/mol. The predicted octanol–water partition coefficient (Wildman–Crippen LogP) is 0.440. The summed E-state index contributed by atoms with van der Waals surface area (Å²) in [5.41, 5.74) is 1.79. The molecule has 0 unspecified atom stereocenters. The summed E-state index contributed by atoms with van der Waals surface area (Å²) in [4.78, 5) is 1.49. The highest BCUT2D eigenvalue weighted by molar-refractivity contribution is 6.58. The molecule has 0 amide bonds. The highest BCUT2D eigenvalue weighted by atomic mass is 16.2. The van der Waals surface area contributed by atoms with Crippen LogP contribution in [0.15, 0.2) is 28.8 Å². The van der Waals surface area contributed by atoms with Crippen LogP contribution in [0.25, 0.3) is 0 Å². The molecule has 1 aliphatic heterocycles. The van der Waals surface area contributed by atoms with Crippen LogP contribution in [0, 0.1) is 0 Å². The van der Waals surface area contributed by atoms with Gasteiger partial charge in [-0.3, -0.25) is 0 Å². The van der Waals surface area contributed by atoms with Gasteiger partial charge >= 0.3 is 7.05 Å². The molecule has 58 valence electrons. The molecule has 0 aromatic carbocycles. The van der Waals surface area contributed by atoms with Crippen molar-refractivity contribution in [2.75, 3.05) is 7.05 Å². The molecule has 0 saturated carbocycles. The fourth-order valence-corrected chi connectivity index (χ4v) is 0.987. The summed E-state index contributed by atoms with van der Waals surface area (Å²) in [6.45, 7) is 5.51. The molecule has 0 radical (unpaired) electrons. The standard InChI is InChI=1S/C7H11BN2O/c1-4-7-6(2)5-9-10(3)8(7)11/h4-5,11H,1H2,2-3H3. The second-order valence-electron chi connectivity index (χ2n) is 2.53. The van der Waals surface area contributed by atoms with E-state index < -0.39 is 7.05 Å². The molecule has 0 aromatic rings. The number of hydrogen-bond acceptors (Lipinski definition) is 3. The molecule has 0 spiro atoms. The second-order valence-corrected chi connectivity index (χ2v) is 2.53. The van der Waals surface area contributed by atoms with Gasteiger partial charge in [0.15, 0.2) is 0 Å². The normalized spacial score (nSPS) is 17.7. The lowest BCUT2D eigenvalue weighted by Crippen LogP contribution is -2.37. The van der Waals surface area contributed by atoms with Crippen molar-refractivity contribution in [3.05, 3.63) is 23.7 Å². The van der Waals surface area contributed by atoms with Crippen molar-refractivity contribution in [3.8, 4) is 0 Å². The lowest BCUT2D eigenvalue weighted by Gasteiger charge is -2.22. The molecule has 1 rings (SSSR count).